The number of piperidine rings is 1. The first-order chi connectivity index (χ1) is 8.15. The number of hydrogen-bond donors (Lipinski definition) is 2. The standard InChI is InChI=1S/C13H19N3O/c1-9-3-4-12(8-15-9)16-13(17)11-5-6-14-10(2)7-11/h3-4,8,10-11,14H,5-7H2,1-2H3,(H,16,17). The molecule has 1 amide bonds. The summed E-state index contributed by atoms with van der Waals surface area (Å²) in [5.41, 5.74) is 1.74. The fourth-order valence-electron chi connectivity index (χ4n) is 2.16. The largest absolute Gasteiger partial charge is 0.324 e. The third-order valence-electron chi connectivity index (χ3n) is 3.17. The summed E-state index contributed by atoms with van der Waals surface area (Å²) in [4.78, 5) is 16.2. The van der Waals surface area contributed by atoms with Crippen molar-refractivity contribution >= 4 is 11.6 Å². The van der Waals surface area contributed by atoms with E-state index < -0.39 is 0 Å². The zero-order valence-corrected chi connectivity index (χ0v) is 10.4. The molecule has 0 spiro atoms. The summed E-state index contributed by atoms with van der Waals surface area (Å²) in [7, 11) is 0. The highest BCUT2D eigenvalue weighted by Crippen LogP contribution is 2.18. The molecule has 2 atom stereocenters. The van der Waals surface area contributed by atoms with E-state index in [4.69, 9.17) is 0 Å². The van der Waals surface area contributed by atoms with Gasteiger partial charge in [-0.3, -0.25) is 9.78 Å². The van der Waals surface area contributed by atoms with E-state index in [9.17, 15) is 4.79 Å². The number of aromatic nitrogens is 1. The SMILES string of the molecule is Cc1ccc(NC(=O)C2CCNC(C)C2)cn1. The molecule has 0 bridgehead atoms. The third-order valence-corrected chi connectivity index (χ3v) is 3.17. The summed E-state index contributed by atoms with van der Waals surface area (Å²) < 4.78 is 0. The Morgan fingerprint density at radius 2 is 2.35 bits per heavy atom. The minimum absolute atomic E-state index is 0.115. The van der Waals surface area contributed by atoms with E-state index in [2.05, 4.69) is 22.5 Å². The number of nitrogens with one attached hydrogen (secondary N) is 2. The van der Waals surface area contributed by atoms with E-state index in [1.54, 1.807) is 6.20 Å². The molecule has 1 aliphatic rings. The second-order valence-electron chi connectivity index (χ2n) is 4.75. The molecular weight excluding hydrogens is 214 g/mol. The van der Waals surface area contributed by atoms with Gasteiger partial charge < -0.3 is 10.6 Å². The van der Waals surface area contributed by atoms with Crippen LogP contribution in [0.5, 0.6) is 0 Å². The van der Waals surface area contributed by atoms with Gasteiger partial charge in [-0.15, -0.1) is 0 Å². The van der Waals surface area contributed by atoms with Gasteiger partial charge in [-0.05, 0) is 45.4 Å². The van der Waals surface area contributed by atoms with Crippen LogP contribution in [0, 0.1) is 12.8 Å². The van der Waals surface area contributed by atoms with Crippen LogP contribution in [0.2, 0.25) is 0 Å². The maximum atomic E-state index is 12.0. The van der Waals surface area contributed by atoms with Crippen LogP contribution in [0.1, 0.15) is 25.5 Å². The van der Waals surface area contributed by atoms with E-state index >= 15 is 0 Å². The van der Waals surface area contributed by atoms with E-state index in [0.29, 0.717) is 6.04 Å². The lowest BCUT2D eigenvalue weighted by Crippen LogP contribution is -2.40. The van der Waals surface area contributed by atoms with Crippen LogP contribution in [-0.2, 0) is 4.79 Å². The average molecular weight is 233 g/mol. The first-order valence-electron chi connectivity index (χ1n) is 6.12. The number of amides is 1. The Morgan fingerprint density at radius 1 is 1.53 bits per heavy atom. The first-order valence-corrected chi connectivity index (χ1v) is 6.12. The number of rotatable bonds is 2. The first kappa shape index (κ1) is 12.0. The lowest BCUT2D eigenvalue weighted by Gasteiger charge is -2.27. The molecule has 4 heteroatoms. The number of carbonyl (C=O) groups excluding carboxylic acids is 1. The van der Waals surface area contributed by atoms with Gasteiger partial charge in [0.05, 0.1) is 11.9 Å². The Kier molecular flexibility index (Phi) is 3.74. The molecule has 92 valence electrons. The zero-order valence-electron chi connectivity index (χ0n) is 10.4. The van der Waals surface area contributed by atoms with Crippen molar-refractivity contribution < 1.29 is 4.79 Å². The van der Waals surface area contributed by atoms with Crippen LogP contribution in [0.3, 0.4) is 0 Å². The molecular formula is C13H19N3O. The van der Waals surface area contributed by atoms with E-state index in [1.807, 2.05) is 19.1 Å². The lowest BCUT2D eigenvalue weighted by atomic mass is 9.92. The number of nitrogens with zero attached hydrogens (tertiary/aromatic N) is 1. The highest BCUT2D eigenvalue weighted by molar-refractivity contribution is 5.92. The topological polar surface area (TPSA) is 54.0 Å². The Labute approximate surface area is 102 Å². The molecule has 2 rings (SSSR count). The molecule has 0 saturated carbocycles. The minimum atomic E-state index is 0.115. The van der Waals surface area contributed by atoms with Crippen molar-refractivity contribution in [3.8, 4) is 0 Å². The summed E-state index contributed by atoms with van der Waals surface area (Å²) >= 11 is 0. The maximum absolute atomic E-state index is 12.0. The predicted octanol–water partition coefficient (Wildman–Crippen LogP) is 1.72. The van der Waals surface area contributed by atoms with Gasteiger partial charge in [0.2, 0.25) is 5.91 Å². The van der Waals surface area contributed by atoms with Crippen LogP contribution in [0.25, 0.3) is 0 Å². The van der Waals surface area contributed by atoms with Crippen molar-refractivity contribution in [1.29, 1.82) is 0 Å². The van der Waals surface area contributed by atoms with Gasteiger partial charge in [0.1, 0.15) is 0 Å². The Morgan fingerprint density at radius 3 is 3.00 bits per heavy atom. The molecule has 1 aliphatic heterocycles. The normalized spacial score (nSPS) is 24.4. The van der Waals surface area contributed by atoms with Crippen LogP contribution in [0.4, 0.5) is 5.69 Å². The molecule has 1 aromatic heterocycles. The summed E-state index contributed by atoms with van der Waals surface area (Å²) in [5, 5.41) is 6.28. The van der Waals surface area contributed by atoms with E-state index in [0.717, 1.165) is 30.8 Å². The van der Waals surface area contributed by atoms with Gasteiger partial charge in [0.25, 0.3) is 0 Å². The molecule has 2 heterocycles. The molecule has 1 aromatic rings. The smallest absolute Gasteiger partial charge is 0.227 e. The molecule has 1 fully saturated rings. The van der Waals surface area contributed by atoms with Gasteiger partial charge in [0, 0.05) is 17.7 Å². The second kappa shape index (κ2) is 5.27. The molecule has 2 N–H and O–H groups in total. The number of anilines is 1. The highest BCUT2D eigenvalue weighted by atomic mass is 16.1. The van der Waals surface area contributed by atoms with Crippen LogP contribution in [-0.4, -0.2) is 23.5 Å². The quantitative estimate of drug-likeness (QED) is 0.817. The summed E-state index contributed by atoms with van der Waals surface area (Å²) in [6.07, 6.45) is 3.53. The summed E-state index contributed by atoms with van der Waals surface area (Å²) in [6, 6.07) is 4.22. The Hall–Kier alpha value is -1.42. The zero-order chi connectivity index (χ0) is 12.3. The molecule has 0 aliphatic carbocycles. The predicted molar refractivity (Wildman–Crippen MR) is 67.8 cm³/mol. The van der Waals surface area contributed by atoms with Crippen molar-refractivity contribution in [2.45, 2.75) is 32.7 Å². The highest BCUT2D eigenvalue weighted by Gasteiger charge is 2.24. The lowest BCUT2D eigenvalue weighted by molar-refractivity contribution is -0.120. The maximum Gasteiger partial charge on any atom is 0.227 e. The van der Waals surface area contributed by atoms with Crippen molar-refractivity contribution in [3.63, 3.8) is 0 Å². The minimum Gasteiger partial charge on any atom is -0.324 e. The van der Waals surface area contributed by atoms with E-state index in [-0.39, 0.29) is 11.8 Å². The fourth-order valence-corrected chi connectivity index (χ4v) is 2.16. The monoisotopic (exact) mass is 233 g/mol. The van der Waals surface area contributed by atoms with Crippen LogP contribution < -0.4 is 10.6 Å². The summed E-state index contributed by atoms with van der Waals surface area (Å²) in [5.74, 6) is 0.233. The Balaban J connectivity index is 1.94. The van der Waals surface area contributed by atoms with Gasteiger partial charge in [0.15, 0.2) is 0 Å². The fraction of sp³-hybridized carbons (Fsp3) is 0.538. The number of aryl methyl sites for hydroxylation is 1. The molecule has 0 aromatic carbocycles. The molecule has 0 radical (unpaired) electrons. The number of carbonyl (C=O) groups is 1. The molecule has 17 heavy (non-hydrogen) atoms. The third kappa shape index (κ3) is 3.27. The molecule has 4 nitrogen and oxygen atoms in total. The van der Waals surface area contributed by atoms with Gasteiger partial charge in [-0.1, -0.05) is 0 Å². The van der Waals surface area contributed by atoms with Crippen molar-refractivity contribution in [3.05, 3.63) is 24.0 Å². The molecule has 1 saturated heterocycles. The van der Waals surface area contributed by atoms with Gasteiger partial charge in [-0.25, -0.2) is 0 Å². The van der Waals surface area contributed by atoms with Gasteiger partial charge >= 0.3 is 0 Å². The Bertz CT molecular complexity index is 388. The average Bonchev–Trinajstić information content (AvgIpc) is 2.32. The van der Waals surface area contributed by atoms with Crippen molar-refractivity contribution in [2.24, 2.45) is 5.92 Å². The van der Waals surface area contributed by atoms with Gasteiger partial charge in [-0.2, -0.15) is 0 Å². The van der Waals surface area contributed by atoms with Crippen molar-refractivity contribution in [1.82, 2.24) is 10.3 Å². The van der Waals surface area contributed by atoms with Crippen molar-refractivity contribution in [2.75, 3.05) is 11.9 Å². The van der Waals surface area contributed by atoms with Crippen LogP contribution >= 0.6 is 0 Å². The van der Waals surface area contributed by atoms with Crippen LogP contribution in [0.15, 0.2) is 18.3 Å². The number of hydrogen-bond acceptors (Lipinski definition) is 3. The van der Waals surface area contributed by atoms with E-state index in [1.165, 1.54) is 0 Å². The second-order valence-corrected chi connectivity index (χ2v) is 4.75. The summed E-state index contributed by atoms with van der Waals surface area (Å²) in [6.45, 7) is 4.97. The number of pyridine rings is 1. The molecule has 2 unspecified atom stereocenters.